The quantitative estimate of drug-likeness (QED) is 0.0956. The molecule has 1 heterocycles. The van der Waals surface area contributed by atoms with Crippen molar-refractivity contribution in [1.29, 1.82) is 0 Å². The first-order valence-electron chi connectivity index (χ1n) is 12.0. The van der Waals surface area contributed by atoms with Gasteiger partial charge in [0, 0.05) is 17.3 Å². The van der Waals surface area contributed by atoms with Crippen molar-refractivity contribution >= 4 is 35.8 Å². The Balaban J connectivity index is 1.32. The van der Waals surface area contributed by atoms with Crippen LogP contribution in [0.4, 0.5) is 5.69 Å². The van der Waals surface area contributed by atoms with E-state index >= 15 is 0 Å². The molecule has 4 aromatic rings. The molecule has 0 atom stereocenters. The monoisotopic (exact) mass is 523 g/mol. The van der Waals surface area contributed by atoms with Crippen molar-refractivity contribution in [2.24, 2.45) is 5.10 Å². The number of esters is 1. The first-order chi connectivity index (χ1) is 19.0. The second kappa shape index (κ2) is 13.2. The summed E-state index contributed by atoms with van der Waals surface area (Å²) in [4.78, 5) is 36.8. The second-order valence-electron chi connectivity index (χ2n) is 8.02. The zero-order chi connectivity index (χ0) is 27.5. The van der Waals surface area contributed by atoms with Crippen LogP contribution in [-0.2, 0) is 4.79 Å². The predicted molar refractivity (Wildman–Crippen MR) is 147 cm³/mol. The Bertz CT molecular complexity index is 1480. The molecule has 2 N–H and O–H groups in total. The van der Waals surface area contributed by atoms with Crippen LogP contribution in [0.2, 0.25) is 0 Å². The number of hydrogen-bond acceptors (Lipinski definition) is 7. The topological polar surface area (TPSA) is 119 Å². The normalized spacial score (nSPS) is 10.9. The fourth-order valence-corrected chi connectivity index (χ4v) is 3.36. The molecule has 0 saturated heterocycles. The summed E-state index contributed by atoms with van der Waals surface area (Å²) in [5, 5.41) is 6.74. The number of furan rings is 1. The molecule has 196 valence electrons. The molecule has 0 aliphatic carbocycles. The zero-order valence-corrected chi connectivity index (χ0v) is 21.0. The van der Waals surface area contributed by atoms with Crippen molar-refractivity contribution in [3.8, 4) is 11.5 Å². The van der Waals surface area contributed by atoms with Crippen LogP contribution in [0, 0.1) is 0 Å². The van der Waals surface area contributed by atoms with Crippen molar-refractivity contribution < 1.29 is 28.3 Å². The van der Waals surface area contributed by atoms with Gasteiger partial charge in [-0.25, -0.2) is 10.2 Å². The van der Waals surface area contributed by atoms with Crippen LogP contribution >= 0.6 is 0 Å². The first kappa shape index (κ1) is 26.6. The molecule has 0 unspecified atom stereocenters. The molecule has 4 rings (SSSR count). The maximum absolute atomic E-state index is 12.5. The summed E-state index contributed by atoms with van der Waals surface area (Å²) < 4.78 is 16.0. The summed E-state index contributed by atoms with van der Waals surface area (Å²) in [6, 6.07) is 23.8. The molecule has 0 spiro atoms. The number of carbonyl (C=O) groups excluding carboxylic acids is 3. The van der Waals surface area contributed by atoms with E-state index in [0.717, 1.165) is 5.56 Å². The van der Waals surface area contributed by atoms with Gasteiger partial charge in [0.1, 0.15) is 0 Å². The van der Waals surface area contributed by atoms with E-state index in [9.17, 15) is 14.4 Å². The predicted octanol–water partition coefficient (Wildman–Crippen LogP) is 5.31. The van der Waals surface area contributed by atoms with E-state index in [2.05, 4.69) is 15.8 Å². The lowest BCUT2D eigenvalue weighted by Crippen LogP contribution is -2.17. The summed E-state index contributed by atoms with van der Waals surface area (Å²) in [5.41, 5.74) is 4.89. The molecule has 0 aliphatic rings. The van der Waals surface area contributed by atoms with Gasteiger partial charge in [-0.2, -0.15) is 5.10 Å². The Morgan fingerprint density at radius 3 is 2.41 bits per heavy atom. The first-order valence-corrected chi connectivity index (χ1v) is 12.0. The lowest BCUT2D eigenvalue weighted by atomic mass is 10.2. The van der Waals surface area contributed by atoms with Gasteiger partial charge in [0.25, 0.3) is 5.91 Å². The summed E-state index contributed by atoms with van der Waals surface area (Å²) in [6.45, 7) is 2.15. The summed E-state index contributed by atoms with van der Waals surface area (Å²) >= 11 is 0. The molecule has 9 heteroatoms. The van der Waals surface area contributed by atoms with E-state index < -0.39 is 11.9 Å². The lowest BCUT2D eigenvalue weighted by Gasteiger charge is -2.10. The number of carbonyl (C=O) groups is 3. The van der Waals surface area contributed by atoms with E-state index in [0.29, 0.717) is 29.2 Å². The van der Waals surface area contributed by atoms with E-state index in [1.54, 1.807) is 61.5 Å². The van der Waals surface area contributed by atoms with Crippen molar-refractivity contribution in [1.82, 2.24) is 5.43 Å². The maximum atomic E-state index is 12.5. The number of benzene rings is 3. The Hall–Kier alpha value is -5.44. The molecule has 0 fully saturated rings. The summed E-state index contributed by atoms with van der Waals surface area (Å²) in [7, 11) is 0. The average molecular weight is 524 g/mol. The smallest absolute Gasteiger partial charge is 0.379 e. The molecule has 0 saturated carbocycles. The Labute approximate surface area is 224 Å². The number of nitrogens with zero attached hydrogens (tertiary/aromatic N) is 1. The summed E-state index contributed by atoms with van der Waals surface area (Å²) in [6.07, 6.45) is 5.98. The third kappa shape index (κ3) is 7.77. The lowest BCUT2D eigenvalue weighted by molar-refractivity contribution is -0.111. The molecule has 39 heavy (non-hydrogen) atoms. The highest BCUT2D eigenvalue weighted by Crippen LogP contribution is 2.29. The fraction of sp³-hybridized carbons (Fsp3) is 0.0667. The Morgan fingerprint density at radius 1 is 0.897 bits per heavy atom. The number of anilines is 1. The third-order valence-corrected chi connectivity index (χ3v) is 5.21. The number of nitrogens with one attached hydrogen (secondary N) is 2. The van der Waals surface area contributed by atoms with Gasteiger partial charge >= 0.3 is 5.97 Å². The molecular weight excluding hydrogens is 498 g/mol. The molecule has 1 aromatic heterocycles. The van der Waals surface area contributed by atoms with Gasteiger partial charge in [-0.3, -0.25) is 9.59 Å². The van der Waals surface area contributed by atoms with Gasteiger partial charge in [0.05, 0.1) is 19.1 Å². The van der Waals surface area contributed by atoms with Gasteiger partial charge in [-0.05, 0) is 78.7 Å². The number of rotatable bonds is 10. The fourth-order valence-electron chi connectivity index (χ4n) is 3.36. The highest BCUT2D eigenvalue weighted by molar-refractivity contribution is 6.02. The highest BCUT2D eigenvalue weighted by atomic mass is 16.6. The minimum absolute atomic E-state index is 0.0705. The molecule has 2 amide bonds. The largest absolute Gasteiger partial charge is 0.490 e. The zero-order valence-electron chi connectivity index (χ0n) is 21.0. The average Bonchev–Trinajstić information content (AvgIpc) is 3.50. The third-order valence-electron chi connectivity index (χ3n) is 5.21. The van der Waals surface area contributed by atoms with Crippen LogP contribution in [0.1, 0.15) is 39.0 Å². The standard InChI is InChI=1S/C30H25N3O6/c1-2-37-27-19-22(10-16-25(27)39-30(36)26-9-6-18-38-26)20-31-33-29(35)23-12-14-24(15-13-23)32-28(34)17-11-21-7-4-3-5-8-21/h3-20H,2H2,1H3,(H,32,34)(H,33,35)/b17-11+,31-20-. The Kier molecular flexibility index (Phi) is 9.01. The van der Waals surface area contributed by atoms with E-state index in [1.165, 1.54) is 24.6 Å². The number of hydrogen-bond donors (Lipinski definition) is 2. The molecular formula is C30H25N3O6. The minimum Gasteiger partial charge on any atom is -0.490 e. The second-order valence-corrected chi connectivity index (χ2v) is 8.02. The Morgan fingerprint density at radius 2 is 1.69 bits per heavy atom. The van der Waals surface area contributed by atoms with Gasteiger partial charge in [0.15, 0.2) is 11.5 Å². The van der Waals surface area contributed by atoms with Crippen LogP contribution in [0.25, 0.3) is 6.08 Å². The molecule has 0 aliphatic heterocycles. The van der Waals surface area contributed by atoms with Gasteiger partial charge in [-0.1, -0.05) is 30.3 Å². The summed E-state index contributed by atoms with van der Waals surface area (Å²) in [5.74, 6) is -0.730. The van der Waals surface area contributed by atoms with Crippen molar-refractivity contribution in [3.63, 3.8) is 0 Å². The van der Waals surface area contributed by atoms with Crippen LogP contribution in [0.3, 0.4) is 0 Å². The van der Waals surface area contributed by atoms with Crippen LogP contribution in [0.5, 0.6) is 11.5 Å². The molecule has 9 nitrogen and oxygen atoms in total. The number of ether oxygens (including phenoxy) is 2. The number of hydrazone groups is 1. The van der Waals surface area contributed by atoms with E-state index in [-0.39, 0.29) is 17.4 Å². The van der Waals surface area contributed by atoms with Gasteiger partial charge in [-0.15, -0.1) is 0 Å². The highest BCUT2D eigenvalue weighted by Gasteiger charge is 2.15. The van der Waals surface area contributed by atoms with Gasteiger partial charge < -0.3 is 19.2 Å². The maximum Gasteiger partial charge on any atom is 0.379 e. The van der Waals surface area contributed by atoms with E-state index in [4.69, 9.17) is 13.9 Å². The minimum atomic E-state index is -0.649. The van der Waals surface area contributed by atoms with Crippen molar-refractivity contribution in [2.75, 3.05) is 11.9 Å². The van der Waals surface area contributed by atoms with Gasteiger partial charge in [0.2, 0.25) is 11.7 Å². The van der Waals surface area contributed by atoms with Crippen LogP contribution < -0.4 is 20.2 Å². The van der Waals surface area contributed by atoms with Crippen LogP contribution in [0.15, 0.2) is 107 Å². The van der Waals surface area contributed by atoms with Crippen molar-refractivity contribution in [3.05, 3.63) is 120 Å². The SMILES string of the molecule is CCOc1cc(/C=N\NC(=O)c2ccc(NC(=O)/C=C/c3ccccc3)cc2)ccc1OC(=O)c1ccco1. The number of amides is 2. The van der Waals surface area contributed by atoms with E-state index in [1.807, 2.05) is 30.3 Å². The molecule has 3 aromatic carbocycles. The molecule has 0 radical (unpaired) electrons. The van der Waals surface area contributed by atoms with Crippen LogP contribution in [-0.4, -0.2) is 30.6 Å². The van der Waals surface area contributed by atoms with Crippen molar-refractivity contribution in [2.45, 2.75) is 6.92 Å². The molecule has 0 bridgehead atoms.